The molecule has 1 aromatic carbocycles. The minimum Gasteiger partial charge on any atom is -0.396 e. The number of amides is 1. The fraction of sp³-hybridized carbons (Fsp3) is 0.273. The number of hydrogen-bond donors (Lipinski definition) is 4. The first-order valence-electron chi connectivity index (χ1n) is 10.1. The molecule has 1 atom stereocenters. The van der Waals surface area contributed by atoms with Gasteiger partial charge in [-0.1, -0.05) is 0 Å². The minimum absolute atomic E-state index is 0.00931. The Kier molecular flexibility index (Phi) is 4.57. The predicted molar refractivity (Wildman–Crippen MR) is 112 cm³/mol. The lowest BCUT2D eigenvalue weighted by Crippen LogP contribution is -2.31. The molecule has 0 saturated carbocycles. The summed E-state index contributed by atoms with van der Waals surface area (Å²) in [4.78, 5) is 41.4. The average Bonchev–Trinajstić information content (AvgIpc) is 3.14. The molecule has 9 nitrogen and oxygen atoms in total. The first-order valence-corrected chi connectivity index (χ1v) is 10.1. The molecule has 3 aromatic rings. The van der Waals surface area contributed by atoms with Gasteiger partial charge in [0.15, 0.2) is 5.78 Å². The summed E-state index contributed by atoms with van der Waals surface area (Å²) in [5, 5.41) is 22.5. The second kappa shape index (κ2) is 7.21. The Morgan fingerprint density at radius 2 is 2.03 bits per heavy atom. The van der Waals surface area contributed by atoms with Crippen LogP contribution in [0, 0.1) is 5.82 Å². The molecule has 10 heteroatoms. The Balaban J connectivity index is 1.76. The highest BCUT2D eigenvalue weighted by Crippen LogP contribution is 2.38. The van der Waals surface area contributed by atoms with Crippen LogP contribution in [0.25, 0.3) is 22.3 Å². The first kappa shape index (κ1) is 20.3. The van der Waals surface area contributed by atoms with E-state index in [9.17, 15) is 23.9 Å². The van der Waals surface area contributed by atoms with E-state index in [1.807, 2.05) is 0 Å². The number of aliphatic hydroxyl groups excluding tert-OH is 2. The number of pyridine rings is 2. The average molecular weight is 438 g/mol. The van der Waals surface area contributed by atoms with Crippen molar-refractivity contribution in [3.8, 4) is 11.4 Å². The number of halogens is 1. The van der Waals surface area contributed by atoms with E-state index in [1.165, 1.54) is 16.7 Å². The van der Waals surface area contributed by atoms with Crippen LogP contribution in [0.5, 0.6) is 0 Å². The molecule has 2 aliphatic rings. The van der Waals surface area contributed by atoms with E-state index >= 15 is 0 Å². The van der Waals surface area contributed by atoms with Crippen LogP contribution in [-0.4, -0.2) is 38.1 Å². The molecule has 0 spiro atoms. The van der Waals surface area contributed by atoms with E-state index in [2.05, 4.69) is 10.3 Å². The van der Waals surface area contributed by atoms with Gasteiger partial charge in [0, 0.05) is 35.5 Å². The molecule has 164 valence electrons. The second-order valence-corrected chi connectivity index (χ2v) is 7.97. The monoisotopic (exact) mass is 438 g/mol. The van der Waals surface area contributed by atoms with E-state index in [4.69, 9.17) is 10.8 Å². The third kappa shape index (κ3) is 2.91. The third-order valence-corrected chi connectivity index (χ3v) is 6.14. The first-order chi connectivity index (χ1) is 15.3. The normalized spacial score (nSPS) is 16.6. The Hall–Kier alpha value is -3.63. The predicted octanol–water partition coefficient (Wildman–Crippen LogP) is 0.304. The van der Waals surface area contributed by atoms with Crippen molar-refractivity contribution >= 4 is 28.3 Å². The standard InChI is InChI=1S/C22H19FN4O5/c23-14-5-16-10(3-15(14)24)12(6-25-19(30)8-28)13-7-27-17(20(13)26-16)4-11-9(22(27)32)1-2-18(29)21(11)31/h3-5,21,28,31H,1-2,6-8,24H2,(H,25,30). The molecule has 5 rings (SSSR count). The third-order valence-electron chi connectivity index (χ3n) is 6.14. The molecule has 32 heavy (non-hydrogen) atoms. The fourth-order valence-electron chi connectivity index (χ4n) is 4.51. The summed E-state index contributed by atoms with van der Waals surface area (Å²) in [6.45, 7) is -0.527. The van der Waals surface area contributed by atoms with E-state index in [0.717, 1.165) is 0 Å². The Bertz CT molecular complexity index is 1400. The molecule has 0 saturated heterocycles. The number of nitrogens with two attached hydrogens (primary N) is 1. The van der Waals surface area contributed by atoms with Crippen LogP contribution in [0.1, 0.15) is 34.8 Å². The van der Waals surface area contributed by atoms with Crippen molar-refractivity contribution in [2.24, 2.45) is 0 Å². The van der Waals surface area contributed by atoms with Gasteiger partial charge in [0.05, 0.1) is 29.1 Å². The molecule has 0 fully saturated rings. The zero-order valence-electron chi connectivity index (χ0n) is 16.8. The summed E-state index contributed by atoms with van der Waals surface area (Å²) in [6.07, 6.45) is -1.03. The lowest BCUT2D eigenvalue weighted by Gasteiger charge is -2.21. The number of carbonyl (C=O) groups is 2. The highest BCUT2D eigenvalue weighted by atomic mass is 19.1. The summed E-state index contributed by atoms with van der Waals surface area (Å²) in [7, 11) is 0. The fourth-order valence-corrected chi connectivity index (χ4v) is 4.51. The molecule has 5 N–H and O–H groups in total. The molecule has 2 aromatic heterocycles. The van der Waals surface area contributed by atoms with Crippen molar-refractivity contribution in [1.82, 2.24) is 14.9 Å². The molecule has 0 bridgehead atoms. The molecule has 1 unspecified atom stereocenters. The van der Waals surface area contributed by atoms with Gasteiger partial charge in [-0.25, -0.2) is 9.37 Å². The number of Topliss-reactive ketones (excluding diaryl/α,β-unsaturated/α-hetero) is 1. The summed E-state index contributed by atoms with van der Waals surface area (Å²) < 4.78 is 15.7. The van der Waals surface area contributed by atoms with Crippen molar-refractivity contribution in [3.63, 3.8) is 0 Å². The summed E-state index contributed by atoms with van der Waals surface area (Å²) in [5.74, 6) is -1.60. The SMILES string of the molecule is Nc1cc2c(CNC(=O)CO)c3c(nc2cc1F)-c1cc2c(c(=O)n1C3)CCC(=O)C2O. The zero-order valence-corrected chi connectivity index (χ0v) is 16.8. The maximum absolute atomic E-state index is 14.2. The van der Waals surface area contributed by atoms with Crippen LogP contribution in [0.4, 0.5) is 10.1 Å². The van der Waals surface area contributed by atoms with Crippen LogP contribution in [0.3, 0.4) is 0 Å². The second-order valence-electron chi connectivity index (χ2n) is 7.97. The number of ketones is 1. The molecule has 1 aliphatic carbocycles. The van der Waals surface area contributed by atoms with Gasteiger partial charge in [-0.3, -0.25) is 14.4 Å². The number of rotatable bonds is 3. The number of nitrogens with one attached hydrogen (secondary N) is 1. The van der Waals surface area contributed by atoms with Gasteiger partial charge in [0.25, 0.3) is 5.56 Å². The number of benzene rings is 1. The van der Waals surface area contributed by atoms with Gasteiger partial charge in [-0.05, 0) is 29.7 Å². The number of anilines is 1. The van der Waals surface area contributed by atoms with Crippen LogP contribution in [-0.2, 0) is 29.1 Å². The molecule has 3 heterocycles. The van der Waals surface area contributed by atoms with Crippen LogP contribution in [0.2, 0.25) is 0 Å². The molecule has 0 radical (unpaired) electrons. The van der Waals surface area contributed by atoms with E-state index in [-0.39, 0.29) is 54.0 Å². The van der Waals surface area contributed by atoms with E-state index in [1.54, 1.807) is 6.07 Å². The van der Waals surface area contributed by atoms with E-state index < -0.39 is 24.4 Å². The number of aliphatic hydroxyl groups is 2. The highest BCUT2D eigenvalue weighted by Gasteiger charge is 2.33. The number of nitrogen functional groups attached to an aromatic ring is 1. The van der Waals surface area contributed by atoms with Crippen molar-refractivity contribution in [2.45, 2.75) is 32.0 Å². The van der Waals surface area contributed by atoms with Gasteiger partial charge in [-0.15, -0.1) is 0 Å². The van der Waals surface area contributed by atoms with Gasteiger partial charge < -0.3 is 25.8 Å². The van der Waals surface area contributed by atoms with Crippen molar-refractivity contribution in [3.05, 3.63) is 56.6 Å². The lowest BCUT2D eigenvalue weighted by atomic mass is 9.89. The Labute approximate surface area is 180 Å². The topological polar surface area (TPSA) is 148 Å². The Morgan fingerprint density at radius 3 is 2.78 bits per heavy atom. The summed E-state index contributed by atoms with van der Waals surface area (Å²) in [5.41, 5.74) is 8.34. The van der Waals surface area contributed by atoms with Crippen molar-refractivity contribution in [1.29, 1.82) is 0 Å². The molecule has 1 amide bonds. The maximum Gasteiger partial charge on any atom is 0.254 e. The highest BCUT2D eigenvalue weighted by molar-refractivity contribution is 5.91. The summed E-state index contributed by atoms with van der Waals surface area (Å²) >= 11 is 0. The van der Waals surface area contributed by atoms with Gasteiger partial charge in [-0.2, -0.15) is 0 Å². The number of fused-ring (bicyclic) bond motifs is 5. The van der Waals surface area contributed by atoms with Crippen molar-refractivity contribution in [2.75, 3.05) is 12.3 Å². The van der Waals surface area contributed by atoms with Gasteiger partial charge in [0.1, 0.15) is 18.5 Å². The molecular weight excluding hydrogens is 419 g/mol. The van der Waals surface area contributed by atoms with Crippen LogP contribution < -0.4 is 16.6 Å². The molecular formula is C22H19FN4O5. The number of hydrogen-bond acceptors (Lipinski definition) is 7. The zero-order chi connectivity index (χ0) is 22.7. The Morgan fingerprint density at radius 1 is 1.25 bits per heavy atom. The maximum atomic E-state index is 14.2. The van der Waals surface area contributed by atoms with Crippen LogP contribution in [0.15, 0.2) is 23.0 Å². The quantitative estimate of drug-likeness (QED) is 0.336. The lowest BCUT2D eigenvalue weighted by molar-refractivity contribution is -0.128. The molecule has 1 aliphatic heterocycles. The largest absolute Gasteiger partial charge is 0.396 e. The van der Waals surface area contributed by atoms with Crippen LogP contribution >= 0.6 is 0 Å². The van der Waals surface area contributed by atoms with Gasteiger partial charge >= 0.3 is 0 Å². The number of aromatic nitrogens is 2. The number of nitrogens with zero attached hydrogens (tertiary/aromatic N) is 2. The number of carbonyl (C=O) groups excluding carboxylic acids is 2. The van der Waals surface area contributed by atoms with E-state index in [0.29, 0.717) is 33.5 Å². The van der Waals surface area contributed by atoms with Crippen molar-refractivity contribution < 1.29 is 24.2 Å². The smallest absolute Gasteiger partial charge is 0.254 e. The summed E-state index contributed by atoms with van der Waals surface area (Å²) in [6, 6.07) is 4.20. The van der Waals surface area contributed by atoms with Gasteiger partial charge in [0.2, 0.25) is 5.91 Å². The minimum atomic E-state index is -1.37.